The van der Waals surface area contributed by atoms with Crippen LogP contribution in [0.2, 0.25) is 0 Å². The monoisotopic (exact) mass is 409 g/mol. The van der Waals surface area contributed by atoms with Crippen molar-refractivity contribution in [2.75, 3.05) is 23.3 Å². The van der Waals surface area contributed by atoms with Crippen LogP contribution in [0.4, 0.5) is 24.5 Å². The molecule has 1 aromatic heterocycles. The van der Waals surface area contributed by atoms with Gasteiger partial charge in [-0.2, -0.15) is 18.4 Å². The molecule has 3 rings (SSSR count). The van der Waals surface area contributed by atoms with Crippen LogP contribution in [0.3, 0.4) is 0 Å². The number of benzene rings is 1. The van der Waals surface area contributed by atoms with E-state index in [2.05, 4.69) is 20.2 Å². The van der Waals surface area contributed by atoms with Crippen LogP contribution in [-0.2, 0) is 4.79 Å². The zero-order valence-corrected chi connectivity index (χ0v) is 15.2. The molecule has 0 spiro atoms. The summed E-state index contributed by atoms with van der Waals surface area (Å²) in [5, 5.41) is 18.8. The van der Waals surface area contributed by atoms with Gasteiger partial charge in [0.25, 0.3) is 5.91 Å². The molecule has 0 saturated carbocycles. The van der Waals surface area contributed by atoms with E-state index in [0.717, 1.165) is 24.5 Å². The molecule has 0 radical (unpaired) electrons. The van der Waals surface area contributed by atoms with Crippen molar-refractivity contribution in [2.24, 2.45) is 0 Å². The van der Waals surface area contributed by atoms with Crippen molar-refractivity contribution in [3.8, 4) is 6.07 Å². The van der Waals surface area contributed by atoms with Gasteiger partial charge in [-0.05, 0) is 31.4 Å². The lowest BCUT2D eigenvalue weighted by Gasteiger charge is -2.30. The van der Waals surface area contributed by atoms with E-state index in [4.69, 9.17) is 15.2 Å². The molecule has 1 aliphatic heterocycles. The van der Waals surface area contributed by atoms with Gasteiger partial charge in [-0.25, -0.2) is 9.78 Å². The Balaban J connectivity index is 0.000000370. The average Bonchev–Trinajstić information content (AvgIpc) is 3.18. The first-order chi connectivity index (χ1) is 13.7. The molecule has 11 heteroatoms. The van der Waals surface area contributed by atoms with Crippen LogP contribution in [0, 0.1) is 11.3 Å². The van der Waals surface area contributed by atoms with Crippen LogP contribution < -0.4 is 10.2 Å². The highest BCUT2D eigenvalue weighted by atomic mass is 19.4. The number of anilines is 2. The number of H-pyrrole nitrogens is 1. The number of aliphatic carboxylic acids is 1. The van der Waals surface area contributed by atoms with Crippen molar-refractivity contribution >= 4 is 23.3 Å². The minimum atomic E-state index is -5.08. The van der Waals surface area contributed by atoms with Crippen molar-refractivity contribution < 1.29 is 27.9 Å². The summed E-state index contributed by atoms with van der Waals surface area (Å²) < 4.78 is 31.7. The lowest BCUT2D eigenvalue weighted by atomic mass is 10.1. The largest absolute Gasteiger partial charge is 0.490 e. The van der Waals surface area contributed by atoms with E-state index < -0.39 is 12.1 Å². The van der Waals surface area contributed by atoms with Crippen LogP contribution in [0.5, 0.6) is 0 Å². The summed E-state index contributed by atoms with van der Waals surface area (Å²) >= 11 is 0. The maximum atomic E-state index is 12.2. The maximum absolute atomic E-state index is 12.2. The van der Waals surface area contributed by atoms with Crippen LogP contribution >= 0.6 is 0 Å². The van der Waals surface area contributed by atoms with Gasteiger partial charge in [0.2, 0.25) is 0 Å². The number of hydrogen-bond acceptors (Lipinski definition) is 5. The van der Waals surface area contributed by atoms with E-state index in [1.165, 1.54) is 25.5 Å². The topological polar surface area (TPSA) is 122 Å². The fourth-order valence-corrected chi connectivity index (χ4v) is 2.66. The van der Waals surface area contributed by atoms with Crippen molar-refractivity contribution in [3.05, 3.63) is 42.0 Å². The molecule has 1 aromatic carbocycles. The van der Waals surface area contributed by atoms with Crippen molar-refractivity contribution in [3.63, 3.8) is 0 Å². The Morgan fingerprint density at radius 2 is 1.83 bits per heavy atom. The third kappa shape index (κ3) is 6.24. The van der Waals surface area contributed by atoms with Gasteiger partial charge in [-0.1, -0.05) is 12.1 Å². The predicted octanol–water partition coefficient (Wildman–Crippen LogP) is 3.16. The average molecular weight is 409 g/mol. The number of nitriles is 1. The van der Waals surface area contributed by atoms with Crippen molar-refractivity contribution in [2.45, 2.75) is 25.4 Å². The number of nitrogens with one attached hydrogen (secondary N) is 2. The van der Waals surface area contributed by atoms with Crippen molar-refractivity contribution in [1.82, 2.24) is 9.97 Å². The highest BCUT2D eigenvalue weighted by Gasteiger charge is 2.38. The number of alkyl halides is 3. The quantitative estimate of drug-likeness (QED) is 0.716. The van der Waals surface area contributed by atoms with E-state index >= 15 is 0 Å². The normalized spacial score (nSPS) is 13.7. The number of hydrogen-bond donors (Lipinski definition) is 3. The standard InChI is InChI=1S/C16H17N5O.C2HF3O2/c17-10-12-11-18-15(19-12)16(22)20-13-6-2-3-7-14(13)21-8-4-1-5-9-21;3-2(4,5)1(6)7/h2-3,6-7,11H,1,4-5,8-9H2,(H,18,19)(H,20,22);(H,6,7). The summed E-state index contributed by atoms with van der Waals surface area (Å²) in [5.74, 6) is -2.96. The summed E-state index contributed by atoms with van der Waals surface area (Å²) in [6, 6.07) is 9.69. The Kier molecular flexibility index (Phi) is 7.19. The zero-order valence-electron chi connectivity index (χ0n) is 15.2. The Hall–Kier alpha value is -3.55. The SMILES string of the molecule is N#Cc1cnc(C(=O)Nc2ccccc2N2CCCCC2)[nH]1.O=C(O)C(F)(F)F. The summed E-state index contributed by atoms with van der Waals surface area (Å²) in [5.41, 5.74) is 2.07. The molecule has 0 atom stereocenters. The van der Waals surface area contributed by atoms with Crippen LogP contribution in [0.15, 0.2) is 30.5 Å². The predicted molar refractivity (Wildman–Crippen MR) is 97.5 cm³/mol. The van der Waals surface area contributed by atoms with E-state index in [1.807, 2.05) is 30.3 Å². The summed E-state index contributed by atoms with van der Waals surface area (Å²) in [6.07, 6.45) is -0.127. The fourth-order valence-electron chi connectivity index (χ4n) is 2.66. The molecule has 0 bridgehead atoms. The van der Waals surface area contributed by atoms with Crippen LogP contribution in [0.25, 0.3) is 0 Å². The Labute approximate surface area is 164 Å². The fraction of sp³-hybridized carbons (Fsp3) is 0.333. The summed E-state index contributed by atoms with van der Waals surface area (Å²) in [6.45, 7) is 2.01. The number of carboxylic acid groups (broad SMARTS) is 1. The number of piperidine rings is 1. The van der Waals surface area contributed by atoms with Crippen LogP contribution in [0.1, 0.15) is 35.6 Å². The third-order valence-electron chi connectivity index (χ3n) is 4.00. The first kappa shape index (κ1) is 21.7. The molecule has 3 N–H and O–H groups in total. The minimum Gasteiger partial charge on any atom is -0.475 e. The van der Waals surface area contributed by atoms with Gasteiger partial charge in [0.1, 0.15) is 11.8 Å². The maximum Gasteiger partial charge on any atom is 0.490 e. The first-order valence-electron chi connectivity index (χ1n) is 8.63. The Morgan fingerprint density at radius 1 is 1.21 bits per heavy atom. The number of rotatable bonds is 3. The highest BCUT2D eigenvalue weighted by Crippen LogP contribution is 2.28. The molecule has 1 saturated heterocycles. The van der Waals surface area contributed by atoms with Gasteiger partial charge in [0.05, 0.1) is 17.6 Å². The number of halogens is 3. The number of amides is 1. The number of nitrogens with zero attached hydrogens (tertiary/aromatic N) is 3. The molecular formula is C18H18F3N5O3. The molecule has 0 aliphatic carbocycles. The molecular weight excluding hydrogens is 391 g/mol. The molecule has 29 heavy (non-hydrogen) atoms. The minimum absolute atomic E-state index is 0.144. The number of para-hydroxylation sites is 2. The smallest absolute Gasteiger partial charge is 0.475 e. The molecule has 2 aromatic rings. The van der Waals surface area contributed by atoms with Crippen molar-refractivity contribution in [1.29, 1.82) is 5.26 Å². The molecule has 1 fully saturated rings. The summed E-state index contributed by atoms with van der Waals surface area (Å²) in [4.78, 5) is 30.0. The highest BCUT2D eigenvalue weighted by molar-refractivity contribution is 6.03. The molecule has 2 heterocycles. The van der Waals surface area contributed by atoms with E-state index in [1.54, 1.807) is 0 Å². The van der Waals surface area contributed by atoms with E-state index in [9.17, 15) is 18.0 Å². The molecule has 154 valence electrons. The van der Waals surface area contributed by atoms with E-state index in [-0.39, 0.29) is 17.4 Å². The molecule has 0 unspecified atom stereocenters. The van der Waals surface area contributed by atoms with Gasteiger partial charge in [-0.15, -0.1) is 0 Å². The molecule has 8 nitrogen and oxygen atoms in total. The first-order valence-corrected chi connectivity index (χ1v) is 8.63. The van der Waals surface area contributed by atoms with Gasteiger partial charge < -0.3 is 20.3 Å². The summed E-state index contributed by atoms with van der Waals surface area (Å²) in [7, 11) is 0. The third-order valence-corrected chi connectivity index (χ3v) is 4.00. The second kappa shape index (κ2) is 9.59. The van der Waals surface area contributed by atoms with Gasteiger partial charge in [-0.3, -0.25) is 4.79 Å². The lowest BCUT2D eigenvalue weighted by Crippen LogP contribution is -2.30. The number of carbonyl (C=O) groups is 2. The number of imidazole rings is 1. The van der Waals surface area contributed by atoms with Gasteiger partial charge >= 0.3 is 12.1 Å². The Morgan fingerprint density at radius 3 is 2.38 bits per heavy atom. The second-order valence-electron chi connectivity index (χ2n) is 6.08. The Bertz CT molecular complexity index is 899. The van der Waals surface area contributed by atoms with Gasteiger partial charge in [0, 0.05) is 13.1 Å². The van der Waals surface area contributed by atoms with E-state index in [0.29, 0.717) is 0 Å². The van der Waals surface area contributed by atoms with Crippen LogP contribution in [-0.4, -0.2) is 46.2 Å². The number of aromatic amines is 1. The number of carbonyl (C=O) groups excluding carboxylic acids is 1. The second-order valence-corrected chi connectivity index (χ2v) is 6.08. The number of aromatic nitrogens is 2. The lowest BCUT2D eigenvalue weighted by molar-refractivity contribution is -0.192. The molecule has 1 aliphatic rings. The molecule has 1 amide bonds. The number of carboxylic acids is 1. The van der Waals surface area contributed by atoms with Gasteiger partial charge in [0.15, 0.2) is 5.82 Å². The zero-order chi connectivity index (χ0) is 21.4.